The topological polar surface area (TPSA) is 73.8 Å². The summed E-state index contributed by atoms with van der Waals surface area (Å²) in [5.74, 6) is 0.976. The molecule has 3 atom stereocenters. The summed E-state index contributed by atoms with van der Waals surface area (Å²) in [6, 6.07) is 6.85. The number of likely N-dealkylation sites (N-methyl/N-ethyl adjacent to an activating group) is 1. The molecule has 9 heteroatoms. The van der Waals surface area contributed by atoms with Crippen LogP contribution in [0, 0.1) is 30.5 Å². The van der Waals surface area contributed by atoms with Gasteiger partial charge in [0.15, 0.2) is 5.78 Å². The maximum Gasteiger partial charge on any atom is 0.236 e. The predicted octanol–water partition coefficient (Wildman–Crippen LogP) is 4.28. The molecular formula is C31H43FN4O3S. The predicted molar refractivity (Wildman–Crippen MR) is 156 cm³/mol. The quantitative estimate of drug-likeness (QED) is 0.376. The number of piperidine rings is 2. The Kier molecular flexibility index (Phi) is 10.6. The third-order valence-electron chi connectivity index (χ3n) is 8.23. The molecule has 218 valence electrons. The van der Waals surface area contributed by atoms with Crippen LogP contribution in [0.4, 0.5) is 4.39 Å². The van der Waals surface area contributed by atoms with Gasteiger partial charge < -0.3 is 14.7 Å². The molecule has 1 aromatic heterocycles. The number of ketones is 2. The Bertz CT molecular complexity index is 1180. The van der Waals surface area contributed by atoms with Crippen molar-refractivity contribution in [2.75, 3.05) is 53.4 Å². The van der Waals surface area contributed by atoms with Crippen LogP contribution in [0.5, 0.6) is 0 Å². The zero-order valence-electron chi connectivity index (χ0n) is 24.3. The monoisotopic (exact) mass is 570 g/mol. The van der Waals surface area contributed by atoms with E-state index < -0.39 is 0 Å². The Labute approximate surface area is 241 Å². The second kappa shape index (κ2) is 13.9. The zero-order valence-corrected chi connectivity index (χ0v) is 25.1. The van der Waals surface area contributed by atoms with Gasteiger partial charge in [-0.15, -0.1) is 11.3 Å². The highest BCUT2D eigenvalue weighted by atomic mass is 32.1. The Morgan fingerprint density at radius 1 is 1.07 bits per heavy atom. The van der Waals surface area contributed by atoms with Crippen LogP contribution >= 0.6 is 11.3 Å². The summed E-state index contributed by atoms with van der Waals surface area (Å²) in [6.45, 7) is 8.02. The first kappa shape index (κ1) is 30.5. The maximum atomic E-state index is 13.4. The molecule has 2 aliphatic rings. The van der Waals surface area contributed by atoms with Gasteiger partial charge >= 0.3 is 0 Å². The average molecular weight is 571 g/mol. The standard InChI is InChI=1S/C31H43FN4O3S/c1-21-31(22(2)37)40-29(33-21)16-28(38)15-26-19-36(30(39)20-34(3)4)13-11-25(26)18-35-12-5-6-24(17-35)14-23-7-9-27(32)10-8-23/h7-10,24-26H,5-6,11-20H2,1-4H3/t24-,25-,26+/m0/s1. The smallest absolute Gasteiger partial charge is 0.236 e. The van der Waals surface area contributed by atoms with Crippen molar-refractivity contribution in [2.45, 2.75) is 52.4 Å². The molecule has 40 heavy (non-hydrogen) atoms. The lowest BCUT2D eigenvalue weighted by Gasteiger charge is -2.42. The van der Waals surface area contributed by atoms with E-state index in [-0.39, 0.29) is 35.6 Å². The summed E-state index contributed by atoms with van der Waals surface area (Å²) in [5.41, 5.74) is 1.87. The zero-order chi connectivity index (χ0) is 28.8. The number of rotatable bonds is 11. The van der Waals surface area contributed by atoms with Crippen molar-refractivity contribution in [3.63, 3.8) is 0 Å². The van der Waals surface area contributed by atoms with Gasteiger partial charge in [0.2, 0.25) is 5.91 Å². The van der Waals surface area contributed by atoms with Gasteiger partial charge in [-0.25, -0.2) is 9.37 Å². The number of nitrogens with zero attached hydrogens (tertiary/aromatic N) is 4. The number of carbonyl (C=O) groups excluding carboxylic acids is 3. The minimum absolute atomic E-state index is 0.0182. The lowest BCUT2D eigenvalue weighted by atomic mass is 9.80. The van der Waals surface area contributed by atoms with Crippen molar-refractivity contribution in [1.29, 1.82) is 0 Å². The van der Waals surface area contributed by atoms with E-state index in [1.165, 1.54) is 42.4 Å². The van der Waals surface area contributed by atoms with Crippen molar-refractivity contribution in [1.82, 2.24) is 19.7 Å². The fraction of sp³-hybridized carbons (Fsp3) is 0.613. The number of hydrogen-bond donors (Lipinski definition) is 0. The van der Waals surface area contributed by atoms with Crippen LogP contribution in [-0.4, -0.2) is 90.5 Å². The number of aromatic nitrogens is 1. The van der Waals surface area contributed by atoms with Gasteiger partial charge in [0.05, 0.1) is 23.5 Å². The second-order valence-electron chi connectivity index (χ2n) is 12.0. The van der Waals surface area contributed by atoms with E-state index in [0.717, 1.165) is 45.4 Å². The highest BCUT2D eigenvalue weighted by molar-refractivity contribution is 7.13. The van der Waals surface area contributed by atoms with Gasteiger partial charge in [0.1, 0.15) is 16.6 Å². The molecule has 1 aromatic carbocycles. The molecule has 0 saturated carbocycles. The molecule has 4 rings (SSSR count). The molecular weight excluding hydrogens is 527 g/mol. The van der Waals surface area contributed by atoms with Crippen LogP contribution in [-0.2, 0) is 22.4 Å². The van der Waals surface area contributed by atoms with E-state index in [9.17, 15) is 18.8 Å². The molecule has 2 saturated heterocycles. The van der Waals surface area contributed by atoms with Crippen LogP contribution in [0.25, 0.3) is 0 Å². The number of Topliss-reactive ketones (excluding diaryl/α,β-unsaturated/α-hetero) is 2. The van der Waals surface area contributed by atoms with Gasteiger partial charge in [-0.05, 0) is 88.7 Å². The number of hydrogen-bond acceptors (Lipinski definition) is 7. The van der Waals surface area contributed by atoms with Crippen LogP contribution in [0.2, 0.25) is 0 Å². The molecule has 2 fully saturated rings. The van der Waals surface area contributed by atoms with Gasteiger partial charge in [-0.1, -0.05) is 12.1 Å². The summed E-state index contributed by atoms with van der Waals surface area (Å²) in [6.07, 6.45) is 4.79. The number of thiazole rings is 1. The molecule has 0 unspecified atom stereocenters. The molecule has 0 spiro atoms. The molecule has 2 aromatic rings. The molecule has 0 aliphatic carbocycles. The minimum atomic E-state index is -0.200. The van der Waals surface area contributed by atoms with Crippen molar-refractivity contribution in [2.24, 2.45) is 17.8 Å². The van der Waals surface area contributed by atoms with Gasteiger partial charge in [-0.3, -0.25) is 14.4 Å². The number of halogens is 1. The van der Waals surface area contributed by atoms with Gasteiger partial charge in [-0.2, -0.15) is 0 Å². The van der Waals surface area contributed by atoms with Crippen LogP contribution in [0.1, 0.15) is 58.5 Å². The fourth-order valence-corrected chi connectivity index (χ4v) is 7.29. The van der Waals surface area contributed by atoms with Crippen LogP contribution in [0.15, 0.2) is 24.3 Å². The largest absolute Gasteiger partial charge is 0.341 e. The number of likely N-dealkylation sites (tertiary alicyclic amines) is 2. The van der Waals surface area contributed by atoms with E-state index in [1.807, 2.05) is 43.0 Å². The number of amides is 1. The summed E-state index contributed by atoms with van der Waals surface area (Å²) in [5, 5.41) is 0.695. The van der Waals surface area contributed by atoms with Crippen LogP contribution in [0.3, 0.4) is 0 Å². The van der Waals surface area contributed by atoms with Crippen molar-refractivity contribution < 1.29 is 18.8 Å². The normalized spacial score (nSPS) is 22.1. The summed E-state index contributed by atoms with van der Waals surface area (Å²) < 4.78 is 13.4. The highest BCUT2D eigenvalue weighted by Gasteiger charge is 2.35. The van der Waals surface area contributed by atoms with E-state index in [1.54, 1.807) is 0 Å². The highest BCUT2D eigenvalue weighted by Crippen LogP contribution is 2.31. The number of benzene rings is 1. The number of carbonyl (C=O) groups is 3. The second-order valence-corrected chi connectivity index (χ2v) is 13.1. The van der Waals surface area contributed by atoms with Crippen molar-refractivity contribution >= 4 is 28.8 Å². The molecule has 3 heterocycles. The molecule has 7 nitrogen and oxygen atoms in total. The first-order chi connectivity index (χ1) is 19.1. The summed E-state index contributed by atoms with van der Waals surface area (Å²) >= 11 is 1.32. The molecule has 0 bridgehead atoms. The summed E-state index contributed by atoms with van der Waals surface area (Å²) in [7, 11) is 3.80. The van der Waals surface area contributed by atoms with E-state index >= 15 is 0 Å². The van der Waals surface area contributed by atoms with Crippen LogP contribution < -0.4 is 0 Å². The Morgan fingerprint density at radius 3 is 2.50 bits per heavy atom. The Balaban J connectivity index is 1.40. The fourth-order valence-electron chi connectivity index (χ4n) is 6.31. The molecule has 0 radical (unpaired) electrons. The SMILES string of the molecule is CC(=O)c1sc(CC(=O)C[C@@H]2CN(C(=O)CN(C)C)CC[C@H]2CN2CCC[C@@H](Cc3ccc(F)cc3)C2)nc1C. The lowest BCUT2D eigenvalue weighted by molar-refractivity contribution is -0.136. The van der Waals surface area contributed by atoms with E-state index in [0.29, 0.717) is 46.9 Å². The van der Waals surface area contributed by atoms with E-state index in [2.05, 4.69) is 9.88 Å². The summed E-state index contributed by atoms with van der Waals surface area (Å²) in [4.78, 5) is 49.5. The van der Waals surface area contributed by atoms with Crippen molar-refractivity contribution in [3.05, 3.63) is 51.2 Å². The molecule has 0 N–H and O–H groups in total. The Morgan fingerprint density at radius 2 is 1.82 bits per heavy atom. The van der Waals surface area contributed by atoms with E-state index in [4.69, 9.17) is 0 Å². The minimum Gasteiger partial charge on any atom is -0.341 e. The van der Waals surface area contributed by atoms with Gasteiger partial charge in [0.25, 0.3) is 0 Å². The first-order valence-electron chi connectivity index (χ1n) is 14.5. The molecule has 2 aliphatic heterocycles. The number of aryl methyl sites for hydroxylation is 1. The maximum absolute atomic E-state index is 13.4. The lowest BCUT2D eigenvalue weighted by Crippen LogP contribution is -2.50. The third-order valence-corrected chi connectivity index (χ3v) is 9.49. The first-order valence-corrected chi connectivity index (χ1v) is 15.3. The van der Waals surface area contributed by atoms with Crippen molar-refractivity contribution in [3.8, 4) is 0 Å². The molecule has 1 amide bonds. The van der Waals surface area contributed by atoms with Gasteiger partial charge in [0, 0.05) is 39.5 Å². The Hall–Kier alpha value is -2.49. The average Bonchev–Trinajstić information content (AvgIpc) is 3.26. The third kappa shape index (κ3) is 8.51.